The highest BCUT2D eigenvalue weighted by Crippen LogP contribution is 2.34. The number of nitrogens with zero attached hydrogens (tertiary/aromatic N) is 5. The highest BCUT2D eigenvalue weighted by Gasteiger charge is 2.12. The Bertz CT molecular complexity index is 1140. The van der Waals surface area contributed by atoms with Crippen LogP contribution in [0.15, 0.2) is 46.9 Å². The molecule has 0 amide bonds. The topological polar surface area (TPSA) is 110 Å². The second-order valence-electron chi connectivity index (χ2n) is 5.54. The predicted molar refractivity (Wildman–Crippen MR) is 116 cm³/mol. The normalized spacial score (nSPS) is 10.4. The molecule has 29 heavy (non-hydrogen) atoms. The fourth-order valence-electron chi connectivity index (χ4n) is 2.26. The number of nitrogens with one attached hydrogen (secondary N) is 2. The molecule has 0 fully saturated rings. The van der Waals surface area contributed by atoms with E-state index in [-0.39, 0.29) is 16.9 Å². The molecule has 0 saturated heterocycles. The summed E-state index contributed by atoms with van der Waals surface area (Å²) in [7, 11) is 0. The summed E-state index contributed by atoms with van der Waals surface area (Å²) in [5, 5.41) is 31.9. The van der Waals surface area contributed by atoms with Crippen LogP contribution >= 0.6 is 39.1 Å². The summed E-state index contributed by atoms with van der Waals surface area (Å²) in [6, 6.07) is 14.3. The molecule has 0 atom stereocenters. The molecule has 0 saturated carbocycles. The Morgan fingerprint density at radius 2 is 1.79 bits per heavy atom. The van der Waals surface area contributed by atoms with Crippen LogP contribution in [-0.2, 0) is 0 Å². The van der Waals surface area contributed by atoms with Crippen LogP contribution in [-0.4, -0.2) is 15.2 Å². The maximum atomic E-state index is 8.88. The van der Waals surface area contributed by atoms with Gasteiger partial charge in [0.2, 0.25) is 5.95 Å². The van der Waals surface area contributed by atoms with Gasteiger partial charge in [0, 0.05) is 16.2 Å². The van der Waals surface area contributed by atoms with Gasteiger partial charge in [-0.15, -0.1) is 10.2 Å². The molecule has 1 heterocycles. The average Bonchev–Trinajstić information content (AvgIpc) is 2.72. The highest BCUT2D eigenvalue weighted by molar-refractivity contribution is 9.10. The number of allylic oxidation sites excluding steroid dienone is 1. The SMILES string of the molecule is N#C/C=C/c1cc(Cl)c(Nc2nnc(Cl)c(Nc3ccc(C#N)cc3)n2)c(Br)c1. The Labute approximate surface area is 184 Å². The lowest BCUT2D eigenvalue weighted by Gasteiger charge is -2.12. The third-order valence-corrected chi connectivity index (χ3v) is 4.75. The second kappa shape index (κ2) is 9.35. The summed E-state index contributed by atoms with van der Waals surface area (Å²) in [5.74, 6) is 0.461. The van der Waals surface area contributed by atoms with Crippen LogP contribution in [0.2, 0.25) is 10.2 Å². The molecule has 0 aliphatic heterocycles. The first kappa shape index (κ1) is 20.6. The van der Waals surface area contributed by atoms with Crippen LogP contribution < -0.4 is 10.6 Å². The van der Waals surface area contributed by atoms with Crippen molar-refractivity contribution in [2.24, 2.45) is 0 Å². The molecule has 0 aliphatic rings. The number of hydrogen-bond donors (Lipinski definition) is 2. The fourth-order valence-corrected chi connectivity index (χ4v) is 3.36. The van der Waals surface area contributed by atoms with Crippen LogP contribution in [0.25, 0.3) is 6.08 Å². The zero-order valence-corrected chi connectivity index (χ0v) is 17.6. The number of benzene rings is 2. The highest BCUT2D eigenvalue weighted by atomic mass is 79.9. The quantitative estimate of drug-likeness (QED) is 0.436. The number of nitriles is 2. The van der Waals surface area contributed by atoms with Gasteiger partial charge in [-0.1, -0.05) is 23.2 Å². The lowest BCUT2D eigenvalue weighted by atomic mass is 10.2. The first-order chi connectivity index (χ1) is 14.0. The summed E-state index contributed by atoms with van der Waals surface area (Å²) in [5.41, 5.74) is 2.52. The van der Waals surface area contributed by atoms with Gasteiger partial charge < -0.3 is 10.6 Å². The Morgan fingerprint density at radius 3 is 2.45 bits per heavy atom. The molecule has 1 aromatic heterocycles. The Hall–Kier alpha value is -3.17. The first-order valence-electron chi connectivity index (χ1n) is 8.00. The van der Waals surface area contributed by atoms with Gasteiger partial charge in [0.05, 0.1) is 28.4 Å². The van der Waals surface area contributed by atoms with E-state index in [1.807, 2.05) is 6.07 Å². The minimum Gasteiger partial charge on any atom is -0.337 e. The lowest BCUT2D eigenvalue weighted by molar-refractivity contribution is 0.982. The largest absolute Gasteiger partial charge is 0.337 e. The van der Waals surface area contributed by atoms with Crippen molar-refractivity contribution < 1.29 is 0 Å². The van der Waals surface area contributed by atoms with Crippen molar-refractivity contribution >= 4 is 68.3 Å². The molecule has 0 spiro atoms. The van der Waals surface area contributed by atoms with Gasteiger partial charge in [-0.25, -0.2) is 0 Å². The Kier molecular flexibility index (Phi) is 6.63. The van der Waals surface area contributed by atoms with Gasteiger partial charge in [-0.05, 0) is 64.0 Å². The lowest BCUT2D eigenvalue weighted by Crippen LogP contribution is -2.04. The van der Waals surface area contributed by atoms with E-state index in [1.54, 1.807) is 42.5 Å². The Morgan fingerprint density at radius 1 is 1.03 bits per heavy atom. The molecule has 2 N–H and O–H groups in total. The van der Waals surface area contributed by atoms with E-state index in [0.29, 0.717) is 26.4 Å². The van der Waals surface area contributed by atoms with E-state index in [1.165, 1.54) is 6.08 Å². The monoisotopic (exact) mass is 485 g/mol. The van der Waals surface area contributed by atoms with Crippen molar-refractivity contribution in [3.63, 3.8) is 0 Å². The molecule has 142 valence electrons. The molecular formula is C19H10BrCl2N7. The van der Waals surface area contributed by atoms with Crippen molar-refractivity contribution in [3.8, 4) is 12.1 Å². The van der Waals surface area contributed by atoms with Gasteiger partial charge in [0.1, 0.15) is 0 Å². The second-order valence-corrected chi connectivity index (χ2v) is 7.16. The fraction of sp³-hybridized carbons (Fsp3) is 0. The van der Waals surface area contributed by atoms with Gasteiger partial charge in [0.15, 0.2) is 11.0 Å². The maximum Gasteiger partial charge on any atom is 0.249 e. The van der Waals surface area contributed by atoms with Crippen LogP contribution in [0.3, 0.4) is 0 Å². The van der Waals surface area contributed by atoms with E-state index >= 15 is 0 Å². The molecule has 0 radical (unpaired) electrons. The number of rotatable bonds is 5. The van der Waals surface area contributed by atoms with E-state index in [0.717, 1.165) is 5.56 Å². The predicted octanol–water partition coefficient (Wildman–Crippen LogP) is 5.84. The van der Waals surface area contributed by atoms with E-state index < -0.39 is 0 Å². The number of aromatic nitrogens is 3. The minimum absolute atomic E-state index is 0.0852. The third-order valence-electron chi connectivity index (χ3n) is 3.57. The van der Waals surface area contributed by atoms with Crippen LogP contribution in [0.5, 0.6) is 0 Å². The summed E-state index contributed by atoms with van der Waals surface area (Å²) in [6.07, 6.45) is 3.00. The summed E-state index contributed by atoms with van der Waals surface area (Å²) < 4.78 is 0.655. The molecule has 10 heteroatoms. The third kappa shape index (κ3) is 5.21. The molecular weight excluding hydrogens is 477 g/mol. The minimum atomic E-state index is 0.0852. The number of hydrogen-bond acceptors (Lipinski definition) is 7. The van der Waals surface area contributed by atoms with Crippen molar-refractivity contribution in [3.05, 3.63) is 68.2 Å². The van der Waals surface area contributed by atoms with Gasteiger partial charge in [0.25, 0.3) is 0 Å². The molecule has 0 unspecified atom stereocenters. The van der Waals surface area contributed by atoms with Gasteiger partial charge >= 0.3 is 0 Å². The van der Waals surface area contributed by atoms with Gasteiger partial charge in [-0.2, -0.15) is 15.5 Å². The zero-order chi connectivity index (χ0) is 20.8. The smallest absolute Gasteiger partial charge is 0.249 e. The standard InChI is InChI=1S/C19H10BrCl2N7/c20-14-8-12(2-1-7-23)9-15(21)16(14)26-19-27-18(17(22)28-29-19)25-13-5-3-11(10-24)4-6-13/h1-6,8-9H,(H2,25,26,27,29)/b2-1+. The summed E-state index contributed by atoms with van der Waals surface area (Å²) in [4.78, 5) is 4.33. The van der Waals surface area contributed by atoms with Crippen LogP contribution in [0.4, 0.5) is 23.1 Å². The van der Waals surface area contributed by atoms with Crippen molar-refractivity contribution in [2.75, 3.05) is 10.6 Å². The maximum absolute atomic E-state index is 8.88. The van der Waals surface area contributed by atoms with E-state index in [9.17, 15) is 0 Å². The van der Waals surface area contributed by atoms with Crippen molar-refractivity contribution in [2.45, 2.75) is 0 Å². The summed E-state index contributed by atoms with van der Waals surface area (Å²) in [6.45, 7) is 0. The van der Waals surface area contributed by atoms with Gasteiger partial charge in [-0.3, -0.25) is 0 Å². The molecule has 2 aromatic carbocycles. The first-order valence-corrected chi connectivity index (χ1v) is 9.54. The zero-order valence-electron chi connectivity index (χ0n) is 14.5. The van der Waals surface area contributed by atoms with E-state index in [4.69, 9.17) is 33.7 Å². The molecule has 3 rings (SSSR count). The average molecular weight is 487 g/mol. The van der Waals surface area contributed by atoms with Crippen LogP contribution in [0, 0.1) is 22.7 Å². The summed E-state index contributed by atoms with van der Waals surface area (Å²) >= 11 is 15.9. The van der Waals surface area contributed by atoms with Crippen LogP contribution in [0.1, 0.15) is 11.1 Å². The molecule has 0 bridgehead atoms. The molecule has 7 nitrogen and oxygen atoms in total. The Balaban J connectivity index is 1.85. The van der Waals surface area contributed by atoms with E-state index in [2.05, 4.69) is 47.8 Å². The molecule has 0 aliphatic carbocycles. The van der Waals surface area contributed by atoms with Crippen molar-refractivity contribution in [1.29, 1.82) is 10.5 Å². The number of halogens is 3. The molecule has 3 aromatic rings. The van der Waals surface area contributed by atoms with Crippen molar-refractivity contribution in [1.82, 2.24) is 15.2 Å². The number of anilines is 4.